The largest absolute Gasteiger partial charge is 0.394 e. The van der Waals surface area contributed by atoms with Crippen LogP contribution >= 0.6 is 0 Å². The summed E-state index contributed by atoms with van der Waals surface area (Å²) in [4.78, 5) is 0. The molecule has 5 N–H and O–H groups in total. The highest BCUT2D eigenvalue weighted by Crippen LogP contribution is 2.32. The number of rotatable bonds is 13. The van der Waals surface area contributed by atoms with E-state index in [1.807, 2.05) is 91.0 Å². The Labute approximate surface area is 256 Å². The van der Waals surface area contributed by atoms with E-state index in [-0.39, 0.29) is 19.8 Å². The molecule has 3 aromatic carbocycles. The van der Waals surface area contributed by atoms with Crippen LogP contribution in [0.1, 0.15) is 16.7 Å². The van der Waals surface area contributed by atoms with Crippen LogP contribution in [0.4, 0.5) is 0 Å². The Morgan fingerprint density at radius 3 is 1.41 bits per heavy atom. The second kappa shape index (κ2) is 16.0. The van der Waals surface area contributed by atoms with E-state index >= 15 is 0 Å². The second-order valence-corrected chi connectivity index (χ2v) is 10.8. The minimum absolute atomic E-state index is 0.108. The molecule has 5 rings (SSSR count). The van der Waals surface area contributed by atoms with Crippen molar-refractivity contribution in [3.63, 3.8) is 0 Å². The number of aliphatic hydroxyl groups is 5. The van der Waals surface area contributed by atoms with E-state index in [0.29, 0.717) is 0 Å². The molecule has 4 unspecified atom stereocenters. The predicted molar refractivity (Wildman–Crippen MR) is 156 cm³/mol. The minimum atomic E-state index is -1.61. The van der Waals surface area contributed by atoms with Gasteiger partial charge in [0.1, 0.15) is 48.8 Å². The molecule has 0 aliphatic carbocycles. The van der Waals surface area contributed by atoms with Gasteiger partial charge in [0.05, 0.1) is 33.0 Å². The van der Waals surface area contributed by atoms with Crippen LogP contribution in [0, 0.1) is 0 Å². The number of hydrogen-bond donors (Lipinski definition) is 5. The van der Waals surface area contributed by atoms with Crippen molar-refractivity contribution in [3.05, 3.63) is 108 Å². The molecule has 0 aromatic heterocycles. The maximum Gasteiger partial charge on any atom is 0.187 e. The number of aliphatic hydroxyl groups excluding tert-OH is 5. The van der Waals surface area contributed by atoms with Crippen LogP contribution < -0.4 is 0 Å². The van der Waals surface area contributed by atoms with Gasteiger partial charge in [-0.3, -0.25) is 0 Å². The zero-order valence-corrected chi connectivity index (χ0v) is 24.2. The first-order chi connectivity index (χ1) is 21.5. The summed E-state index contributed by atoms with van der Waals surface area (Å²) >= 11 is 0. The van der Waals surface area contributed by atoms with Crippen molar-refractivity contribution in [2.45, 2.75) is 81.2 Å². The average Bonchev–Trinajstić information content (AvgIpc) is 3.07. The molecule has 11 heteroatoms. The van der Waals surface area contributed by atoms with Crippen molar-refractivity contribution in [2.75, 3.05) is 13.2 Å². The van der Waals surface area contributed by atoms with Crippen LogP contribution in [-0.2, 0) is 48.2 Å². The van der Waals surface area contributed by atoms with Crippen LogP contribution in [0.3, 0.4) is 0 Å². The molecule has 44 heavy (non-hydrogen) atoms. The van der Waals surface area contributed by atoms with Gasteiger partial charge in [0.25, 0.3) is 0 Å². The summed E-state index contributed by atoms with van der Waals surface area (Å²) in [5.74, 6) is 0. The first-order valence-electron chi connectivity index (χ1n) is 14.7. The molecule has 2 heterocycles. The smallest absolute Gasteiger partial charge is 0.187 e. The quantitative estimate of drug-likeness (QED) is 0.190. The number of hydrogen-bond acceptors (Lipinski definition) is 11. The summed E-state index contributed by atoms with van der Waals surface area (Å²) in [7, 11) is 0. The molecule has 2 aliphatic rings. The van der Waals surface area contributed by atoms with E-state index in [1.54, 1.807) is 0 Å². The molecule has 238 valence electrons. The van der Waals surface area contributed by atoms with Gasteiger partial charge in [-0.05, 0) is 16.7 Å². The van der Waals surface area contributed by atoms with Crippen molar-refractivity contribution in [3.8, 4) is 0 Å². The minimum Gasteiger partial charge on any atom is -0.394 e. The van der Waals surface area contributed by atoms with Gasteiger partial charge in [0.2, 0.25) is 0 Å². The zero-order valence-electron chi connectivity index (χ0n) is 24.2. The van der Waals surface area contributed by atoms with Crippen LogP contribution in [0.25, 0.3) is 0 Å². The van der Waals surface area contributed by atoms with Gasteiger partial charge < -0.3 is 54.0 Å². The van der Waals surface area contributed by atoms with Gasteiger partial charge >= 0.3 is 0 Å². The van der Waals surface area contributed by atoms with E-state index in [0.717, 1.165) is 16.7 Å². The fourth-order valence-corrected chi connectivity index (χ4v) is 5.35. The van der Waals surface area contributed by atoms with Crippen molar-refractivity contribution < 1.29 is 54.0 Å². The van der Waals surface area contributed by atoms with E-state index in [9.17, 15) is 25.5 Å². The average molecular weight is 613 g/mol. The fourth-order valence-electron chi connectivity index (χ4n) is 5.35. The third-order valence-corrected chi connectivity index (χ3v) is 7.73. The second-order valence-electron chi connectivity index (χ2n) is 10.8. The summed E-state index contributed by atoms with van der Waals surface area (Å²) in [6.07, 6.45) is -12.6. The Hall–Kier alpha value is -2.78. The lowest BCUT2D eigenvalue weighted by Gasteiger charge is -2.47. The third kappa shape index (κ3) is 8.08. The van der Waals surface area contributed by atoms with Gasteiger partial charge in [-0.15, -0.1) is 0 Å². The lowest BCUT2D eigenvalue weighted by atomic mass is 9.96. The lowest BCUT2D eigenvalue weighted by molar-refractivity contribution is -0.367. The molecular formula is C33H40O11. The molecule has 0 bridgehead atoms. The Balaban J connectivity index is 1.32. The highest BCUT2D eigenvalue weighted by atomic mass is 16.7. The summed E-state index contributed by atoms with van der Waals surface area (Å²) < 4.78 is 35.8. The Morgan fingerprint density at radius 2 is 0.909 bits per heavy atom. The van der Waals surface area contributed by atoms with Crippen LogP contribution in [-0.4, -0.2) is 100 Å². The van der Waals surface area contributed by atoms with Gasteiger partial charge in [-0.25, -0.2) is 0 Å². The summed E-state index contributed by atoms with van der Waals surface area (Å²) in [6.45, 7) is -0.679. The fraction of sp³-hybridized carbons (Fsp3) is 0.455. The third-order valence-electron chi connectivity index (χ3n) is 7.73. The van der Waals surface area contributed by atoms with Gasteiger partial charge in [0, 0.05) is 0 Å². The van der Waals surface area contributed by atoms with Crippen molar-refractivity contribution in [1.29, 1.82) is 0 Å². The Bertz CT molecular complexity index is 1230. The maximum absolute atomic E-state index is 11.4. The molecular weight excluding hydrogens is 572 g/mol. The molecule has 11 nitrogen and oxygen atoms in total. The summed E-state index contributed by atoms with van der Waals surface area (Å²) in [5.41, 5.74) is 2.51. The van der Waals surface area contributed by atoms with Crippen LogP contribution in [0.2, 0.25) is 0 Å². The highest BCUT2D eigenvalue weighted by Gasteiger charge is 2.52. The zero-order chi connectivity index (χ0) is 30.9. The normalized spacial score (nSPS) is 32.4. The number of ether oxygens (including phenoxy) is 6. The van der Waals surface area contributed by atoms with Crippen molar-refractivity contribution >= 4 is 0 Å². The van der Waals surface area contributed by atoms with E-state index < -0.39 is 74.6 Å². The monoisotopic (exact) mass is 612 g/mol. The molecule has 0 radical (unpaired) electrons. The van der Waals surface area contributed by atoms with E-state index in [1.165, 1.54) is 0 Å². The molecule has 0 saturated carbocycles. The van der Waals surface area contributed by atoms with Gasteiger partial charge in [-0.1, -0.05) is 91.0 Å². The Kier molecular flexibility index (Phi) is 11.8. The molecule has 2 fully saturated rings. The van der Waals surface area contributed by atoms with E-state index in [2.05, 4.69) is 0 Å². The Morgan fingerprint density at radius 1 is 0.477 bits per heavy atom. The van der Waals surface area contributed by atoms with Crippen molar-refractivity contribution in [2.24, 2.45) is 0 Å². The molecule has 10 atom stereocenters. The summed E-state index contributed by atoms with van der Waals surface area (Å²) in [5, 5.41) is 53.9. The van der Waals surface area contributed by atoms with Gasteiger partial charge in [0.15, 0.2) is 12.6 Å². The maximum atomic E-state index is 11.4. The topological polar surface area (TPSA) is 157 Å². The molecule has 0 spiro atoms. The first kappa shape index (κ1) is 32.6. The lowest BCUT2D eigenvalue weighted by Crippen LogP contribution is -2.65. The van der Waals surface area contributed by atoms with Gasteiger partial charge in [-0.2, -0.15) is 0 Å². The summed E-state index contributed by atoms with van der Waals surface area (Å²) in [6, 6.07) is 27.9. The van der Waals surface area contributed by atoms with Crippen LogP contribution in [0.5, 0.6) is 0 Å². The standard InChI is InChI=1S/C33H40O11/c34-16-24-29(39-18-21-10-4-1-5-11-21)26(36)27(37)33(43-24)44-31-28(38)32(41-20-23-14-8-3-9-15-23)42-25(17-35)30(31)40-19-22-12-6-2-7-13-22/h1-15,24-38H,16-20H2/t24?,25?,26-,27?,28?,29+,30+,31-,32-,33+/m1/s1. The molecule has 2 aliphatic heterocycles. The first-order valence-corrected chi connectivity index (χ1v) is 14.7. The van der Waals surface area contributed by atoms with E-state index in [4.69, 9.17) is 28.4 Å². The predicted octanol–water partition coefficient (Wildman–Crippen LogP) is 1.28. The van der Waals surface area contributed by atoms with Crippen LogP contribution in [0.15, 0.2) is 91.0 Å². The highest BCUT2D eigenvalue weighted by molar-refractivity contribution is 5.15. The van der Waals surface area contributed by atoms with Crippen molar-refractivity contribution in [1.82, 2.24) is 0 Å². The molecule has 3 aromatic rings. The SMILES string of the molecule is OCC1O[C@@H](O[C@@H]2C(O)[C@H](OCc3ccccc3)OC(CO)[C@@H]2OCc2ccccc2)C(O)[C@@H](O)[C@H]1OCc1ccccc1. The molecule has 0 amide bonds. The molecule has 2 saturated heterocycles. The number of benzene rings is 3.